The van der Waals surface area contributed by atoms with E-state index in [1.165, 1.54) is 11.8 Å². The highest BCUT2D eigenvalue weighted by Gasteiger charge is 2.20. The minimum absolute atomic E-state index is 0.0683. The van der Waals surface area contributed by atoms with Gasteiger partial charge in [0.2, 0.25) is 11.8 Å². The van der Waals surface area contributed by atoms with E-state index in [0.29, 0.717) is 50.1 Å². The van der Waals surface area contributed by atoms with Crippen molar-refractivity contribution in [2.45, 2.75) is 20.3 Å². The molecule has 0 saturated carbocycles. The van der Waals surface area contributed by atoms with Crippen LogP contribution in [-0.4, -0.2) is 63.2 Å². The van der Waals surface area contributed by atoms with Crippen LogP contribution in [0.1, 0.15) is 25.8 Å². The number of ether oxygens (including phenoxy) is 2. The van der Waals surface area contributed by atoms with Gasteiger partial charge in [0, 0.05) is 50.9 Å². The van der Waals surface area contributed by atoms with E-state index in [-0.39, 0.29) is 11.8 Å². The molecule has 1 fully saturated rings. The summed E-state index contributed by atoms with van der Waals surface area (Å²) in [7, 11) is 1.59. The van der Waals surface area contributed by atoms with E-state index in [1.54, 1.807) is 13.2 Å². The molecule has 0 bridgehead atoms. The SMILES string of the molecule is COc1cc(/C=C/C(=O)NCCC(=O)N2CCN(c3ccccc3)CC2)ccc1OCC(C)C. The maximum Gasteiger partial charge on any atom is 0.244 e. The Kier molecular flexibility index (Phi) is 9.38. The lowest BCUT2D eigenvalue weighted by atomic mass is 10.2. The van der Waals surface area contributed by atoms with Crippen LogP contribution < -0.4 is 19.7 Å². The Balaban J connectivity index is 1.40. The van der Waals surface area contributed by atoms with Crippen molar-refractivity contribution in [1.82, 2.24) is 10.2 Å². The third kappa shape index (κ3) is 7.54. The summed E-state index contributed by atoms with van der Waals surface area (Å²) in [6, 6.07) is 15.8. The molecule has 0 unspecified atom stereocenters. The fourth-order valence-corrected chi connectivity index (χ4v) is 3.70. The number of hydrogen-bond acceptors (Lipinski definition) is 5. The largest absolute Gasteiger partial charge is 0.493 e. The number of amides is 2. The van der Waals surface area contributed by atoms with Gasteiger partial charge in [-0.3, -0.25) is 9.59 Å². The molecule has 2 amide bonds. The number of para-hydroxylation sites is 1. The highest BCUT2D eigenvalue weighted by molar-refractivity contribution is 5.92. The summed E-state index contributed by atoms with van der Waals surface area (Å²) in [6.07, 6.45) is 3.47. The molecule has 1 heterocycles. The van der Waals surface area contributed by atoms with Crippen LogP contribution >= 0.6 is 0 Å². The highest BCUT2D eigenvalue weighted by atomic mass is 16.5. The van der Waals surface area contributed by atoms with E-state index in [0.717, 1.165) is 18.7 Å². The highest BCUT2D eigenvalue weighted by Crippen LogP contribution is 2.29. The fourth-order valence-electron chi connectivity index (χ4n) is 3.70. The number of hydrogen-bond donors (Lipinski definition) is 1. The molecule has 2 aromatic rings. The first kappa shape index (κ1) is 25.1. The van der Waals surface area contributed by atoms with E-state index in [1.807, 2.05) is 41.3 Å². The number of methoxy groups -OCH3 is 1. The van der Waals surface area contributed by atoms with Crippen LogP contribution in [-0.2, 0) is 9.59 Å². The van der Waals surface area contributed by atoms with E-state index in [2.05, 4.69) is 36.2 Å². The Bertz CT molecular complexity index is 967. The van der Waals surface area contributed by atoms with E-state index < -0.39 is 0 Å². The van der Waals surface area contributed by atoms with E-state index in [9.17, 15) is 9.59 Å². The number of nitrogens with one attached hydrogen (secondary N) is 1. The van der Waals surface area contributed by atoms with Crippen molar-refractivity contribution in [3.8, 4) is 11.5 Å². The zero-order valence-electron chi connectivity index (χ0n) is 20.3. The third-order valence-corrected chi connectivity index (χ3v) is 5.58. The standard InChI is InChI=1S/C27H35N3O4/c1-21(2)20-34-24-11-9-22(19-25(24)33-3)10-12-26(31)28-14-13-27(32)30-17-15-29(16-18-30)23-7-5-4-6-8-23/h4-12,19,21H,13-18,20H2,1-3H3,(H,28,31)/b12-10+. The van der Waals surface area contributed by atoms with Gasteiger partial charge in [-0.1, -0.05) is 38.1 Å². The van der Waals surface area contributed by atoms with Crippen molar-refractivity contribution >= 4 is 23.6 Å². The molecule has 34 heavy (non-hydrogen) atoms. The molecule has 1 saturated heterocycles. The van der Waals surface area contributed by atoms with Crippen molar-refractivity contribution in [3.05, 3.63) is 60.2 Å². The van der Waals surface area contributed by atoms with E-state index >= 15 is 0 Å². The van der Waals surface area contributed by atoms with Gasteiger partial charge in [-0.2, -0.15) is 0 Å². The third-order valence-electron chi connectivity index (χ3n) is 5.58. The average Bonchev–Trinajstić information content (AvgIpc) is 2.87. The van der Waals surface area contributed by atoms with Crippen LogP contribution in [0.5, 0.6) is 11.5 Å². The molecule has 182 valence electrons. The smallest absolute Gasteiger partial charge is 0.244 e. The molecule has 3 rings (SSSR count). The molecule has 0 atom stereocenters. The first-order valence-electron chi connectivity index (χ1n) is 11.8. The summed E-state index contributed by atoms with van der Waals surface area (Å²) in [5, 5.41) is 2.79. The molecule has 0 spiro atoms. The van der Waals surface area contributed by atoms with Gasteiger partial charge in [0.05, 0.1) is 13.7 Å². The van der Waals surface area contributed by atoms with Crippen molar-refractivity contribution in [1.29, 1.82) is 0 Å². The predicted octanol–water partition coefficient (Wildman–Crippen LogP) is 3.60. The van der Waals surface area contributed by atoms with Crippen LogP contribution in [0.4, 0.5) is 5.69 Å². The molecular formula is C27H35N3O4. The molecule has 0 aromatic heterocycles. The second kappa shape index (κ2) is 12.7. The Labute approximate surface area is 202 Å². The number of nitrogens with zero attached hydrogens (tertiary/aromatic N) is 2. The quantitative estimate of drug-likeness (QED) is 0.543. The van der Waals surface area contributed by atoms with Crippen molar-refractivity contribution in [2.75, 3.05) is 51.3 Å². The maximum absolute atomic E-state index is 12.5. The minimum Gasteiger partial charge on any atom is -0.493 e. The van der Waals surface area contributed by atoms with Crippen LogP contribution in [0.2, 0.25) is 0 Å². The molecule has 1 aliphatic rings. The minimum atomic E-state index is -0.235. The second-order valence-corrected chi connectivity index (χ2v) is 8.69. The van der Waals surface area contributed by atoms with Gasteiger partial charge < -0.3 is 24.6 Å². The molecule has 1 N–H and O–H groups in total. The van der Waals surface area contributed by atoms with Crippen LogP contribution in [0, 0.1) is 5.92 Å². The van der Waals surface area contributed by atoms with Crippen LogP contribution in [0.25, 0.3) is 6.08 Å². The summed E-state index contributed by atoms with van der Waals surface area (Å²) >= 11 is 0. The van der Waals surface area contributed by atoms with Gasteiger partial charge in [-0.05, 0) is 41.8 Å². The first-order valence-corrected chi connectivity index (χ1v) is 11.8. The van der Waals surface area contributed by atoms with Gasteiger partial charge in [0.15, 0.2) is 11.5 Å². The number of piperazine rings is 1. The molecule has 1 aliphatic heterocycles. The number of anilines is 1. The summed E-state index contributed by atoms with van der Waals surface area (Å²) in [4.78, 5) is 28.9. The maximum atomic E-state index is 12.5. The van der Waals surface area contributed by atoms with Crippen LogP contribution in [0.15, 0.2) is 54.6 Å². The Morgan fingerprint density at radius 1 is 1.03 bits per heavy atom. The van der Waals surface area contributed by atoms with Crippen molar-refractivity contribution in [3.63, 3.8) is 0 Å². The zero-order valence-corrected chi connectivity index (χ0v) is 20.3. The number of carbonyl (C=O) groups is 2. The van der Waals surface area contributed by atoms with Gasteiger partial charge in [-0.15, -0.1) is 0 Å². The number of carbonyl (C=O) groups excluding carboxylic acids is 2. The summed E-state index contributed by atoms with van der Waals surface area (Å²) in [5.74, 6) is 1.56. The molecule has 7 nitrogen and oxygen atoms in total. The van der Waals surface area contributed by atoms with Crippen molar-refractivity contribution in [2.24, 2.45) is 5.92 Å². The second-order valence-electron chi connectivity index (χ2n) is 8.69. The Hall–Kier alpha value is -3.48. The lowest BCUT2D eigenvalue weighted by molar-refractivity contribution is -0.131. The molecule has 0 aliphatic carbocycles. The Morgan fingerprint density at radius 3 is 2.44 bits per heavy atom. The molecule has 2 aromatic carbocycles. The summed E-state index contributed by atoms with van der Waals surface area (Å²) in [6.45, 7) is 8.11. The lowest BCUT2D eigenvalue weighted by Crippen LogP contribution is -2.49. The monoisotopic (exact) mass is 465 g/mol. The average molecular weight is 466 g/mol. The van der Waals surface area contributed by atoms with Gasteiger partial charge in [0.1, 0.15) is 0 Å². The lowest BCUT2D eigenvalue weighted by Gasteiger charge is -2.36. The number of benzene rings is 2. The normalized spacial score (nSPS) is 13.9. The molecule has 0 radical (unpaired) electrons. The first-order chi connectivity index (χ1) is 16.5. The molecular weight excluding hydrogens is 430 g/mol. The van der Waals surface area contributed by atoms with Crippen LogP contribution in [0.3, 0.4) is 0 Å². The predicted molar refractivity (Wildman–Crippen MR) is 135 cm³/mol. The van der Waals surface area contributed by atoms with Gasteiger partial charge in [-0.25, -0.2) is 0 Å². The van der Waals surface area contributed by atoms with Gasteiger partial charge in [0.25, 0.3) is 0 Å². The Morgan fingerprint density at radius 2 is 1.76 bits per heavy atom. The molecule has 7 heteroatoms. The summed E-state index contributed by atoms with van der Waals surface area (Å²) in [5.41, 5.74) is 2.01. The van der Waals surface area contributed by atoms with E-state index in [4.69, 9.17) is 9.47 Å². The fraction of sp³-hybridized carbons (Fsp3) is 0.407. The topological polar surface area (TPSA) is 71.1 Å². The van der Waals surface area contributed by atoms with Crippen molar-refractivity contribution < 1.29 is 19.1 Å². The number of rotatable bonds is 10. The van der Waals surface area contributed by atoms with Gasteiger partial charge >= 0.3 is 0 Å². The summed E-state index contributed by atoms with van der Waals surface area (Å²) < 4.78 is 11.2. The zero-order chi connectivity index (χ0) is 24.3.